The molecule has 25 heavy (non-hydrogen) atoms. The van der Waals surface area contributed by atoms with E-state index in [0.29, 0.717) is 24.7 Å². The van der Waals surface area contributed by atoms with Crippen LogP contribution in [0.4, 0.5) is 11.5 Å². The lowest BCUT2D eigenvalue weighted by Gasteiger charge is -2.36. The van der Waals surface area contributed by atoms with Crippen molar-refractivity contribution in [2.45, 2.75) is 45.4 Å². The molecule has 0 aliphatic heterocycles. The third-order valence-electron chi connectivity index (χ3n) is 4.64. The van der Waals surface area contributed by atoms with Gasteiger partial charge in [-0.1, -0.05) is 20.8 Å². The summed E-state index contributed by atoms with van der Waals surface area (Å²) in [6.45, 7) is 12.5. The maximum Gasteiger partial charge on any atom is 0.274 e. The molecule has 6 nitrogen and oxygen atoms in total. The van der Waals surface area contributed by atoms with E-state index in [1.54, 1.807) is 19.3 Å². The highest BCUT2D eigenvalue weighted by Gasteiger charge is 2.36. The van der Waals surface area contributed by atoms with E-state index < -0.39 is 8.32 Å². The fourth-order valence-corrected chi connectivity index (χ4v) is 3.63. The second kappa shape index (κ2) is 7.47. The lowest BCUT2D eigenvalue weighted by molar-refractivity contribution is 0.266. The molecule has 2 aromatic heterocycles. The van der Waals surface area contributed by atoms with Crippen LogP contribution in [0.2, 0.25) is 18.1 Å². The van der Waals surface area contributed by atoms with E-state index in [0.717, 1.165) is 4.47 Å². The standard InChI is InChI=1S/C17H27BrN4O2Si/c1-17(2,3)25(5,6)24-10-9-22-8-7-15(20-22)19-14-11-13(18)12-21(4)16(14)23/h7-8,11-12H,9-10H2,1-6H3,(H,19,20). The summed E-state index contributed by atoms with van der Waals surface area (Å²) in [5.74, 6) is 0.641. The molecule has 1 N–H and O–H groups in total. The number of rotatable bonds is 6. The molecular formula is C17H27BrN4O2Si. The number of anilines is 2. The fourth-order valence-electron chi connectivity index (χ4n) is 2.06. The first-order valence-corrected chi connectivity index (χ1v) is 12.0. The van der Waals surface area contributed by atoms with Gasteiger partial charge in [0.15, 0.2) is 14.1 Å². The van der Waals surface area contributed by atoms with Crippen LogP contribution >= 0.6 is 15.9 Å². The second-order valence-corrected chi connectivity index (χ2v) is 13.4. The quantitative estimate of drug-likeness (QED) is 0.705. The summed E-state index contributed by atoms with van der Waals surface area (Å²) in [6, 6.07) is 3.61. The molecule has 2 rings (SSSR count). The molecule has 0 aromatic carbocycles. The van der Waals surface area contributed by atoms with Crippen LogP contribution in [0, 0.1) is 0 Å². The highest BCUT2D eigenvalue weighted by molar-refractivity contribution is 9.10. The van der Waals surface area contributed by atoms with E-state index in [1.807, 2.05) is 16.9 Å². The van der Waals surface area contributed by atoms with E-state index in [4.69, 9.17) is 4.43 Å². The number of nitrogens with one attached hydrogen (secondary N) is 1. The van der Waals surface area contributed by atoms with Crippen LogP contribution in [0.25, 0.3) is 0 Å². The number of pyridine rings is 1. The summed E-state index contributed by atoms with van der Waals surface area (Å²) in [7, 11) is -0.0217. The van der Waals surface area contributed by atoms with Gasteiger partial charge in [-0.3, -0.25) is 9.48 Å². The van der Waals surface area contributed by atoms with Crippen molar-refractivity contribution in [1.82, 2.24) is 14.3 Å². The van der Waals surface area contributed by atoms with E-state index in [1.165, 1.54) is 4.57 Å². The maximum atomic E-state index is 12.1. The van der Waals surface area contributed by atoms with Crippen LogP contribution in [0.15, 0.2) is 33.8 Å². The Bertz CT molecular complexity index is 793. The van der Waals surface area contributed by atoms with Gasteiger partial charge >= 0.3 is 0 Å². The number of halogens is 1. The van der Waals surface area contributed by atoms with Crippen LogP contribution < -0.4 is 10.9 Å². The van der Waals surface area contributed by atoms with Gasteiger partial charge in [-0.2, -0.15) is 5.10 Å². The molecule has 2 heterocycles. The summed E-state index contributed by atoms with van der Waals surface area (Å²) < 4.78 is 10.4. The van der Waals surface area contributed by atoms with Crippen molar-refractivity contribution in [3.63, 3.8) is 0 Å². The van der Waals surface area contributed by atoms with Crippen molar-refractivity contribution in [3.8, 4) is 0 Å². The molecule has 138 valence electrons. The Kier molecular flexibility index (Phi) is 5.96. The van der Waals surface area contributed by atoms with Crippen molar-refractivity contribution >= 4 is 35.8 Å². The molecule has 0 saturated heterocycles. The normalized spacial score (nSPS) is 12.4. The van der Waals surface area contributed by atoms with Crippen LogP contribution in [0.3, 0.4) is 0 Å². The van der Waals surface area contributed by atoms with E-state index in [9.17, 15) is 4.79 Å². The zero-order valence-electron chi connectivity index (χ0n) is 15.8. The summed E-state index contributed by atoms with van der Waals surface area (Å²) in [6.07, 6.45) is 3.62. The van der Waals surface area contributed by atoms with Gasteiger partial charge in [0.2, 0.25) is 0 Å². The van der Waals surface area contributed by atoms with Crippen molar-refractivity contribution in [1.29, 1.82) is 0 Å². The average Bonchev–Trinajstić information content (AvgIpc) is 2.90. The Hall–Kier alpha value is -1.38. The predicted octanol–water partition coefficient (Wildman–Crippen LogP) is 4.11. The third kappa shape index (κ3) is 5.05. The molecule has 0 spiro atoms. The first-order chi connectivity index (χ1) is 11.5. The molecule has 0 aliphatic rings. The smallest absolute Gasteiger partial charge is 0.274 e. The van der Waals surface area contributed by atoms with Gasteiger partial charge < -0.3 is 14.3 Å². The lowest BCUT2D eigenvalue weighted by atomic mass is 10.2. The second-order valence-electron chi connectivity index (χ2n) is 7.69. The largest absolute Gasteiger partial charge is 0.415 e. The zero-order valence-corrected chi connectivity index (χ0v) is 18.3. The molecule has 0 aliphatic carbocycles. The van der Waals surface area contributed by atoms with Gasteiger partial charge in [0, 0.05) is 30.0 Å². The van der Waals surface area contributed by atoms with E-state index in [2.05, 4.69) is 60.2 Å². The van der Waals surface area contributed by atoms with Gasteiger partial charge in [-0.15, -0.1) is 0 Å². The minimum atomic E-state index is -1.74. The van der Waals surface area contributed by atoms with Gasteiger partial charge in [-0.05, 0) is 40.1 Å². The molecule has 0 amide bonds. The van der Waals surface area contributed by atoms with Gasteiger partial charge in [0.25, 0.3) is 5.56 Å². The monoisotopic (exact) mass is 426 g/mol. The molecule has 0 atom stereocenters. The van der Waals surface area contributed by atoms with Crippen LogP contribution in [0.1, 0.15) is 20.8 Å². The van der Waals surface area contributed by atoms with Gasteiger partial charge in [-0.25, -0.2) is 0 Å². The number of aryl methyl sites for hydroxylation is 1. The highest BCUT2D eigenvalue weighted by Crippen LogP contribution is 2.36. The van der Waals surface area contributed by atoms with Gasteiger partial charge in [0.1, 0.15) is 5.69 Å². The minimum Gasteiger partial charge on any atom is -0.415 e. The number of hydrogen-bond donors (Lipinski definition) is 1. The van der Waals surface area contributed by atoms with Gasteiger partial charge in [0.05, 0.1) is 13.2 Å². The average molecular weight is 427 g/mol. The molecule has 0 radical (unpaired) electrons. The summed E-state index contributed by atoms with van der Waals surface area (Å²) in [5.41, 5.74) is 0.388. The summed E-state index contributed by atoms with van der Waals surface area (Å²) >= 11 is 3.40. The zero-order chi connectivity index (χ0) is 18.8. The summed E-state index contributed by atoms with van der Waals surface area (Å²) in [4.78, 5) is 12.1. The predicted molar refractivity (Wildman–Crippen MR) is 108 cm³/mol. The molecule has 0 unspecified atom stereocenters. The fraction of sp³-hybridized carbons (Fsp3) is 0.529. The van der Waals surface area contributed by atoms with E-state index >= 15 is 0 Å². The topological polar surface area (TPSA) is 61.1 Å². The Morgan fingerprint density at radius 2 is 2.04 bits per heavy atom. The maximum absolute atomic E-state index is 12.1. The molecular weight excluding hydrogens is 400 g/mol. The van der Waals surface area contributed by atoms with E-state index in [-0.39, 0.29) is 10.6 Å². The Labute approximate surface area is 158 Å². The first kappa shape index (κ1) is 19.9. The van der Waals surface area contributed by atoms with Crippen LogP contribution in [-0.2, 0) is 18.0 Å². The Morgan fingerprint density at radius 3 is 2.68 bits per heavy atom. The van der Waals surface area contributed by atoms with Crippen molar-refractivity contribution in [2.24, 2.45) is 7.05 Å². The SMILES string of the molecule is Cn1cc(Br)cc(Nc2ccn(CCO[Si](C)(C)C(C)(C)C)n2)c1=O. The number of nitrogens with zero attached hydrogens (tertiary/aromatic N) is 3. The Morgan fingerprint density at radius 1 is 1.36 bits per heavy atom. The van der Waals surface area contributed by atoms with Crippen LogP contribution in [-0.4, -0.2) is 29.3 Å². The van der Waals surface area contributed by atoms with Crippen molar-refractivity contribution in [2.75, 3.05) is 11.9 Å². The molecule has 0 saturated carbocycles. The van der Waals surface area contributed by atoms with Crippen LogP contribution in [0.5, 0.6) is 0 Å². The first-order valence-electron chi connectivity index (χ1n) is 8.30. The number of hydrogen-bond acceptors (Lipinski definition) is 4. The highest BCUT2D eigenvalue weighted by atomic mass is 79.9. The summed E-state index contributed by atoms with van der Waals surface area (Å²) in [5, 5.41) is 7.74. The number of aromatic nitrogens is 3. The molecule has 0 bridgehead atoms. The minimum absolute atomic E-state index is 0.0981. The molecule has 8 heteroatoms. The molecule has 2 aromatic rings. The van der Waals surface area contributed by atoms with Crippen molar-refractivity contribution in [3.05, 3.63) is 39.4 Å². The molecule has 0 fully saturated rings. The van der Waals surface area contributed by atoms with Crippen molar-refractivity contribution < 1.29 is 4.43 Å². The Balaban J connectivity index is 1.98. The third-order valence-corrected chi connectivity index (χ3v) is 9.61. The lowest BCUT2D eigenvalue weighted by Crippen LogP contribution is -2.41.